The maximum Gasteiger partial charge on any atom is 0.494 e. The maximum atomic E-state index is 12.7. The molecular formula is C20H28BNO5. The van der Waals surface area contributed by atoms with Crippen molar-refractivity contribution in [2.45, 2.75) is 71.7 Å². The zero-order valence-electron chi connectivity index (χ0n) is 17.2. The van der Waals surface area contributed by atoms with E-state index in [1.165, 1.54) is 4.90 Å². The van der Waals surface area contributed by atoms with Gasteiger partial charge < -0.3 is 14.0 Å². The highest BCUT2D eigenvalue weighted by atomic mass is 16.7. The second kappa shape index (κ2) is 6.35. The zero-order valence-corrected chi connectivity index (χ0v) is 17.2. The first kappa shape index (κ1) is 19.9. The van der Waals surface area contributed by atoms with E-state index in [0.717, 1.165) is 11.0 Å². The molecular weight excluding hydrogens is 345 g/mol. The lowest BCUT2D eigenvalue weighted by atomic mass is 9.77. The monoisotopic (exact) mass is 373 g/mol. The summed E-state index contributed by atoms with van der Waals surface area (Å²) >= 11 is 0. The van der Waals surface area contributed by atoms with Gasteiger partial charge in [-0.15, -0.1) is 0 Å². The molecule has 1 aromatic carbocycles. The van der Waals surface area contributed by atoms with Crippen LogP contribution >= 0.6 is 0 Å². The Labute approximate surface area is 161 Å². The summed E-state index contributed by atoms with van der Waals surface area (Å²) in [7, 11) is -0.473. The maximum absolute atomic E-state index is 12.7. The predicted molar refractivity (Wildman–Crippen MR) is 103 cm³/mol. The van der Waals surface area contributed by atoms with Gasteiger partial charge in [0.2, 0.25) is 0 Å². The summed E-state index contributed by atoms with van der Waals surface area (Å²) in [6.07, 6.45) is -0.0265. The number of hydrogen-bond donors (Lipinski definition) is 0. The van der Waals surface area contributed by atoms with Gasteiger partial charge in [0.1, 0.15) is 5.60 Å². The smallest absolute Gasteiger partial charge is 0.443 e. The molecule has 1 saturated heterocycles. The van der Waals surface area contributed by atoms with E-state index in [1.54, 1.807) is 26.8 Å². The molecule has 2 aliphatic heterocycles. The third kappa shape index (κ3) is 3.76. The minimum atomic E-state index is -0.641. The van der Waals surface area contributed by atoms with Gasteiger partial charge in [-0.25, -0.2) is 9.69 Å². The first-order valence-electron chi connectivity index (χ1n) is 9.34. The molecule has 0 saturated carbocycles. The number of imide groups is 1. The van der Waals surface area contributed by atoms with E-state index in [0.29, 0.717) is 18.5 Å². The van der Waals surface area contributed by atoms with Gasteiger partial charge in [0.25, 0.3) is 5.91 Å². The third-order valence-corrected chi connectivity index (χ3v) is 5.35. The zero-order chi connectivity index (χ0) is 20.2. The lowest BCUT2D eigenvalue weighted by Gasteiger charge is -2.32. The second-order valence-electron chi connectivity index (χ2n) is 9.19. The molecule has 7 heteroatoms. The Morgan fingerprint density at radius 1 is 1.15 bits per heavy atom. The number of nitrogens with zero attached hydrogens (tertiary/aromatic N) is 1. The molecule has 0 radical (unpaired) electrons. The minimum absolute atomic E-state index is 0.299. The van der Waals surface area contributed by atoms with Crippen LogP contribution in [-0.4, -0.2) is 47.4 Å². The van der Waals surface area contributed by atoms with Gasteiger partial charge in [-0.05, 0) is 72.0 Å². The van der Waals surface area contributed by atoms with Crippen molar-refractivity contribution in [1.82, 2.24) is 4.90 Å². The molecule has 0 N–H and O–H groups in total. The molecule has 2 heterocycles. The lowest BCUT2D eigenvalue weighted by Crippen LogP contribution is -2.45. The number of ether oxygens (including phenoxy) is 1. The van der Waals surface area contributed by atoms with Crippen molar-refractivity contribution in [1.29, 1.82) is 0 Å². The van der Waals surface area contributed by atoms with Gasteiger partial charge in [0, 0.05) is 12.1 Å². The van der Waals surface area contributed by atoms with Crippen LogP contribution in [0.15, 0.2) is 18.2 Å². The van der Waals surface area contributed by atoms with E-state index in [2.05, 4.69) is 0 Å². The molecule has 146 valence electrons. The fourth-order valence-electron chi connectivity index (χ4n) is 3.13. The number of fused-ring (bicyclic) bond motifs is 1. The predicted octanol–water partition coefficient (Wildman–Crippen LogP) is 2.92. The summed E-state index contributed by atoms with van der Waals surface area (Å²) in [5, 5.41) is 0. The van der Waals surface area contributed by atoms with Crippen molar-refractivity contribution < 1.29 is 23.6 Å². The van der Waals surface area contributed by atoms with Gasteiger partial charge in [-0.3, -0.25) is 4.79 Å². The van der Waals surface area contributed by atoms with Crippen molar-refractivity contribution in [2.75, 3.05) is 6.54 Å². The first-order valence-corrected chi connectivity index (χ1v) is 9.34. The van der Waals surface area contributed by atoms with Crippen LogP contribution in [0.3, 0.4) is 0 Å². The highest BCUT2D eigenvalue weighted by molar-refractivity contribution is 6.62. The molecule has 27 heavy (non-hydrogen) atoms. The van der Waals surface area contributed by atoms with E-state index >= 15 is 0 Å². The summed E-state index contributed by atoms with van der Waals surface area (Å²) < 4.78 is 17.5. The van der Waals surface area contributed by atoms with Crippen LogP contribution in [0, 0.1) is 0 Å². The highest BCUT2D eigenvalue weighted by Gasteiger charge is 2.51. The normalized spacial score (nSPS) is 21.2. The van der Waals surface area contributed by atoms with E-state index in [1.807, 2.05) is 39.8 Å². The number of benzene rings is 1. The molecule has 0 spiro atoms. The molecule has 0 aliphatic carbocycles. The summed E-state index contributed by atoms with van der Waals surface area (Å²) in [5.74, 6) is -0.328. The average Bonchev–Trinajstić information content (AvgIpc) is 2.73. The highest BCUT2D eigenvalue weighted by Crippen LogP contribution is 2.36. The molecule has 0 atom stereocenters. The Kier molecular flexibility index (Phi) is 4.68. The Morgan fingerprint density at radius 3 is 2.30 bits per heavy atom. The number of rotatable bonds is 1. The summed E-state index contributed by atoms with van der Waals surface area (Å²) in [6, 6.07) is 5.52. The molecule has 6 nitrogen and oxygen atoms in total. The van der Waals surface area contributed by atoms with Gasteiger partial charge in [-0.1, -0.05) is 12.1 Å². The molecule has 1 aromatic rings. The SMILES string of the molecule is CC(C)(C)OC(=O)N1CCc2cc(B3OC(C)(C)C(C)(C)O3)ccc2C1=O. The molecule has 0 unspecified atom stereocenters. The molecule has 1 fully saturated rings. The Balaban J connectivity index is 1.81. The van der Waals surface area contributed by atoms with E-state index in [9.17, 15) is 9.59 Å². The summed E-state index contributed by atoms with van der Waals surface area (Å²) in [5.41, 5.74) is 0.816. The largest absolute Gasteiger partial charge is 0.494 e. The van der Waals surface area contributed by atoms with Gasteiger partial charge >= 0.3 is 13.2 Å². The lowest BCUT2D eigenvalue weighted by molar-refractivity contribution is 0.00578. The molecule has 3 rings (SSSR count). The van der Waals surface area contributed by atoms with Crippen molar-refractivity contribution >= 4 is 24.6 Å². The molecule has 0 aromatic heterocycles. The number of hydrogen-bond acceptors (Lipinski definition) is 5. The van der Waals surface area contributed by atoms with Crippen LogP contribution in [0.5, 0.6) is 0 Å². The molecule has 2 aliphatic rings. The quantitative estimate of drug-likeness (QED) is 0.709. The molecule has 0 bridgehead atoms. The van der Waals surface area contributed by atoms with E-state index < -0.39 is 30.0 Å². The van der Waals surface area contributed by atoms with E-state index in [-0.39, 0.29) is 5.91 Å². The number of amides is 2. The standard InChI is InChI=1S/C20H28BNO5/c1-18(2,3)25-17(24)22-11-10-13-12-14(8-9-15(13)16(22)23)21-26-19(4,5)20(6,7)27-21/h8-9,12H,10-11H2,1-7H3. The van der Waals surface area contributed by atoms with Gasteiger partial charge in [0.05, 0.1) is 11.2 Å². The van der Waals surface area contributed by atoms with Crippen molar-refractivity contribution in [2.24, 2.45) is 0 Å². The van der Waals surface area contributed by atoms with E-state index in [4.69, 9.17) is 14.0 Å². The van der Waals surface area contributed by atoms with Crippen molar-refractivity contribution in [3.8, 4) is 0 Å². The Hall–Kier alpha value is -1.86. The summed E-state index contributed by atoms with van der Waals surface area (Å²) in [4.78, 5) is 26.2. The fourth-order valence-corrected chi connectivity index (χ4v) is 3.13. The van der Waals surface area contributed by atoms with Crippen LogP contribution in [0.1, 0.15) is 64.4 Å². The van der Waals surface area contributed by atoms with Crippen LogP contribution in [0.2, 0.25) is 0 Å². The summed E-state index contributed by atoms with van der Waals surface area (Å²) in [6.45, 7) is 13.7. The molecule has 2 amide bonds. The topological polar surface area (TPSA) is 65.1 Å². The van der Waals surface area contributed by atoms with Crippen LogP contribution in [0.25, 0.3) is 0 Å². The van der Waals surface area contributed by atoms with Crippen LogP contribution < -0.4 is 5.46 Å². The average molecular weight is 373 g/mol. The Morgan fingerprint density at radius 2 is 1.74 bits per heavy atom. The number of carbonyl (C=O) groups excluding carboxylic acids is 2. The Bertz CT molecular complexity index is 765. The minimum Gasteiger partial charge on any atom is -0.443 e. The number of carbonyl (C=O) groups is 2. The third-order valence-electron chi connectivity index (χ3n) is 5.35. The van der Waals surface area contributed by atoms with Crippen LogP contribution in [0.4, 0.5) is 4.79 Å². The van der Waals surface area contributed by atoms with Crippen molar-refractivity contribution in [3.63, 3.8) is 0 Å². The van der Waals surface area contributed by atoms with Gasteiger partial charge in [-0.2, -0.15) is 0 Å². The second-order valence-corrected chi connectivity index (χ2v) is 9.19. The van der Waals surface area contributed by atoms with Gasteiger partial charge in [0.15, 0.2) is 0 Å². The van der Waals surface area contributed by atoms with Crippen molar-refractivity contribution in [3.05, 3.63) is 29.3 Å². The first-order chi connectivity index (χ1) is 12.3. The van der Waals surface area contributed by atoms with Crippen LogP contribution in [-0.2, 0) is 20.5 Å². The fraction of sp³-hybridized carbons (Fsp3) is 0.600.